The van der Waals surface area contributed by atoms with Crippen molar-refractivity contribution in [2.24, 2.45) is 0 Å². The minimum Gasteiger partial charge on any atom is -0.464 e. The Morgan fingerprint density at radius 3 is 2.37 bits per heavy atom. The molecule has 1 N–H and O–H groups in total. The van der Waals surface area contributed by atoms with Crippen LogP contribution >= 0.6 is 22.9 Å². The average molecular weight is 582 g/mol. The molecule has 10 nitrogen and oxygen atoms in total. The number of pyridine rings is 1. The van der Waals surface area contributed by atoms with E-state index in [2.05, 4.69) is 19.9 Å². The van der Waals surface area contributed by atoms with Crippen LogP contribution in [0.5, 0.6) is 11.5 Å². The predicted octanol–water partition coefficient (Wildman–Crippen LogP) is 5.89. The van der Waals surface area contributed by atoms with Crippen molar-refractivity contribution in [1.29, 1.82) is 0 Å². The Bertz CT molecular complexity index is 1630. The summed E-state index contributed by atoms with van der Waals surface area (Å²) in [5, 5.41) is 11.4. The summed E-state index contributed by atoms with van der Waals surface area (Å²) in [6, 6.07) is 2.22. The summed E-state index contributed by atoms with van der Waals surface area (Å²) in [6.45, 7) is 5.40. The first-order valence-electron chi connectivity index (χ1n) is 10.6. The van der Waals surface area contributed by atoms with Crippen LogP contribution in [0.3, 0.4) is 0 Å². The first kappa shape index (κ1) is 27.3. The normalized spacial score (nSPS) is 11.8. The maximum Gasteiger partial charge on any atom is 0.427 e. The van der Waals surface area contributed by atoms with Crippen LogP contribution in [0, 0.1) is 11.6 Å². The molecule has 3 heterocycles. The van der Waals surface area contributed by atoms with Crippen LogP contribution in [0.1, 0.15) is 25.8 Å². The van der Waals surface area contributed by atoms with Gasteiger partial charge < -0.3 is 9.84 Å². The van der Waals surface area contributed by atoms with Crippen LogP contribution in [-0.4, -0.2) is 39.6 Å². The number of ether oxygens (including phenoxy) is 1. The number of nitrogens with zero attached hydrogens (tertiary/aromatic N) is 5. The predicted molar refractivity (Wildman–Crippen MR) is 135 cm³/mol. The third kappa shape index (κ3) is 5.42. The van der Waals surface area contributed by atoms with E-state index in [-0.39, 0.29) is 15.2 Å². The lowest BCUT2D eigenvalue weighted by Gasteiger charge is -2.19. The van der Waals surface area contributed by atoms with Crippen molar-refractivity contribution >= 4 is 44.9 Å². The van der Waals surface area contributed by atoms with E-state index in [0.717, 1.165) is 17.5 Å². The average Bonchev–Trinajstić information content (AvgIpc) is 3.32. The molecule has 4 rings (SSSR count). The highest BCUT2D eigenvalue weighted by Gasteiger charge is 2.36. The lowest BCUT2D eigenvalue weighted by atomic mass is 9.98. The largest absolute Gasteiger partial charge is 0.464 e. The number of thiazole rings is 1. The minimum atomic E-state index is -5.12. The van der Waals surface area contributed by atoms with Gasteiger partial charge in [0.2, 0.25) is 0 Å². The lowest BCUT2D eigenvalue weighted by Crippen LogP contribution is -2.36. The molecule has 1 aromatic carbocycles. The van der Waals surface area contributed by atoms with Gasteiger partial charge in [0.1, 0.15) is 27.2 Å². The zero-order valence-corrected chi connectivity index (χ0v) is 22.3. The summed E-state index contributed by atoms with van der Waals surface area (Å²) >= 11 is 7.00. The molecule has 1 amide bonds. The monoisotopic (exact) mass is 581 g/mol. The van der Waals surface area contributed by atoms with E-state index in [1.54, 1.807) is 20.8 Å². The van der Waals surface area contributed by atoms with Crippen LogP contribution in [0.2, 0.25) is 5.15 Å². The minimum absolute atomic E-state index is 0.0533. The number of aromatic nitrogens is 4. The third-order valence-corrected chi connectivity index (χ3v) is 8.10. The second-order valence-corrected chi connectivity index (χ2v) is 11.8. The molecule has 4 aromatic rings. The second-order valence-electron chi connectivity index (χ2n) is 8.76. The first-order chi connectivity index (χ1) is 17.8. The van der Waals surface area contributed by atoms with E-state index in [4.69, 9.17) is 16.3 Å². The second kappa shape index (κ2) is 10.2. The van der Waals surface area contributed by atoms with Crippen molar-refractivity contribution in [3.63, 3.8) is 0 Å². The SMILES string of the molecule is CC(C)(C)c1nc(N(C(=O)O)S(=O)(=O)c2cc(F)c(Oc3cnc(Cl)cc3-c3cncnc3)cc2F)cs1. The van der Waals surface area contributed by atoms with Gasteiger partial charge in [0.05, 0.1) is 6.20 Å². The van der Waals surface area contributed by atoms with E-state index in [1.165, 1.54) is 30.2 Å². The Labute approximate surface area is 224 Å². The molecule has 0 spiro atoms. The molecule has 0 unspecified atom stereocenters. The molecule has 0 atom stereocenters. The number of halogens is 3. The fraction of sp³-hybridized carbons (Fsp3) is 0.174. The molecule has 0 bridgehead atoms. The van der Waals surface area contributed by atoms with Crippen LogP contribution < -0.4 is 9.04 Å². The van der Waals surface area contributed by atoms with E-state index < -0.39 is 49.6 Å². The quantitative estimate of drug-likeness (QED) is 0.276. The number of sulfonamides is 1. The fourth-order valence-corrected chi connectivity index (χ4v) is 5.59. The van der Waals surface area contributed by atoms with Gasteiger partial charge in [-0.2, -0.15) is 0 Å². The molecule has 0 fully saturated rings. The summed E-state index contributed by atoms with van der Waals surface area (Å²) in [5.74, 6) is -3.94. The Morgan fingerprint density at radius 2 is 1.76 bits per heavy atom. The van der Waals surface area contributed by atoms with E-state index in [1.807, 2.05) is 0 Å². The van der Waals surface area contributed by atoms with Gasteiger partial charge in [-0.25, -0.2) is 41.9 Å². The smallest absolute Gasteiger partial charge is 0.427 e. The number of benzene rings is 1. The molecule has 15 heteroatoms. The highest BCUT2D eigenvalue weighted by Crippen LogP contribution is 2.37. The van der Waals surface area contributed by atoms with E-state index >= 15 is 8.78 Å². The van der Waals surface area contributed by atoms with Crippen molar-refractivity contribution in [3.8, 4) is 22.6 Å². The zero-order chi connectivity index (χ0) is 27.8. The number of hydrogen-bond acceptors (Lipinski definition) is 9. The zero-order valence-electron chi connectivity index (χ0n) is 19.9. The molecule has 198 valence electrons. The van der Waals surface area contributed by atoms with Gasteiger partial charge >= 0.3 is 6.09 Å². The topological polar surface area (TPSA) is 135 Å². The first-order valence-corrected chi connectivity index (χ1v) is 13.3. The summed E-state index contributed by atoms with van der Waals surface area (Å²) in [5.41, 5.74) is 0.230. The Morgan fingerprint density at radius 1 is 1.08 bits per heavy atom. The third-order valence-electron chi connectivity index (χ3n) is 4.95. The molecule has 0 radical (unpaired) electrons. The van der Waals surface area contributed by atoms with Gasteiger partial charge in [0, 0.05) is 46.4 Å². The van der Waals surface area contributed by atoms with Gasteiger partial charge in [-0.05, 0) is 6.07 Å². The van der Waals surface area contributed by atoms with Gasteiger partial charge in [-0.15, -0.1) is 15.6 Å². The molecule has 0 aliphatic carbocycles. The molecule has 0 aliphatic rings. The van der Waals surface area contributed by atoms with Crippen molar-refractivity contribution in [2.75, 3.05) is 4.31 Å². The van der Waals surface area contributed by atoms with E-state index in [9.17, 15) is 18.3 Å². The highest BCUT2D eigenvalue weighted by molar-refractivity contribution is 7.93. The van der Waals surface area contributed by atoms with Crippen LogP contribution in [0.15, 0.2) is 53.4 Å². The van der Waals surface area contributed by atoms with Crippen LogP contribution in [0.25, 0.3) is 11.1 Å². The van der Waals surface area contributed by atoms with Crippen LogP contribution in [0.4, 0.5) is 19.4 Å². The van der Waals surface area contributed by atoms with Crippen molar-refractivity contribution in [3.05, 3.63) is 70.3 Å². The van der Waals surface area contributed by atoms with Crippen molar-refractivity contribution in [1.82, 2.24) is 19.9 Å². The van der Waals surface area contributed by atoms with E-state index in [0.29, 0.717) is 28.3 Å². The van der Waals surface area contributed by atoms with Gasteiger partial charge in [-0.1, -0.05) is 32.4 Å². The number of hydrogen-bond donors (Lipinski definition) is 1. The Hall–Kier alpha value is -3.75. The summed E-state index contributed by atoms with van der Waals surface area (Å²) in [6.07, 6.45) is 3.37. The highest BCUT2D eigenvalue weighted by atomic mass is 35.5. The molecule has 0 saturated heterocycles. The lowest BCUT2D eigenvalue weighted by molar-refractivity contribution is 0.206. The summed E-state index contributed by atoms with van der Waals surface area (Å²) in [7, 11) is -5.12. The molecule has 0 aliphatic heterocycles. The number of amides is 1. The number of carbonyl (C=O) groups is 1. The van der Waals surface area contributed by atoms with Gasteiger partial charge in [0.15, 0.2) is 23.1 Å². The number of anilines is 1. The maximum atomic E-state index is 15.1. The van der Waals surface area contributed by atoms with Gasteiger partial charge in [-0.3, -0.25) is 0 Å². The van der Waals surface area contributed by atoms with Crippen molar-refractivity contribution < 1.29 is 31.8 Å². The maximum absolute atomic E-state index is 15.1. The van der Waals surface area contributed by atoms with Crippen molar-refractivity contribution in [2.45, 2.75) is 31.1 Å². The standard InChI is InChI=1S/C23H18ClF2N5O5S2/c1-23(2,3)21-30-20(10-37-21)31(22(32)33)38(34,35)18-6-14(25)16(5-15(18)26)36-17-9-29-19(24)4-13(17)12-7-27-11-28-8-12/h4-11H,1-3H3,(H,32,33). The van der Waals surface area contributed by atoms with Gasteiger partial charge in [0.25, 0.3) is 10.0 Å². The summed E-state index contributed by atoms with van der Waals surface area (Å²) in [4.78, 5) is 26.4. The molecule has 0 saturated carbocycles. The number of rotatable bonds is 6. The van der Waals surface area contributed by atoms with Crippen LogP contribution in [-0.2, 0) is 15.4 Å². The molecule has 3 aromatic heterocycles. The molecular weight excluding hydrogens is 564 g/mol. The number of carboxylic acid groups (broad SMARTS) is 1. The Balaban J connectivity index is 1.74. The summed E-state index contributed by atoms with van der Waals surface area (Å²) < 4.78 is 62.0. The fourth-order valence-electron chi connectivity index (χ4n) is 3.19. The molecule has 38 heavy (non-hydrogen) atoms. The molecular formula is C23H18ClF2N5O5S2. The Kier molecular flexibility index (Phi) is 7.32.